The summed E-state index contributed by atoms with van der Waals surface area (Å²) in [4.78, 5) is 30.5. The Morgan fingerprint density at radius 1 is 0.532 bits per heavy atom. The van der Waals surface area contributed by atoms with Gasteiger partial charge in [0.25, 0.3) is 0 Å². The molecule has 4 heterocycles. The second-order valence-corrected chi connectivity index (χ2v) is 15.1. The third kappa shape index (κ3) is 6.26. The van der Waals surface area contributed by atoms with Crippen LogP contribution in [-0.4, -0.2) is 39.0 Å². The number of aryl methyl sites for hydroxylation is 4. The topological polar surface area (TPSA) is 115 Å². The quantitative estimate of drug-likeness (QED) is 0.159. The summed E-state index contributed by atoms with van der Waals surface area (Å²) in [5.74, 6) is 3.39. The molecule has 13 heteroatoms. The number of nitriles is 1. The lowest BCUT2D eigenvalue weighted by atomic mass is 9.97. The van der Waals surface area contributed by atoms with Crippen LogP contribution in [0.4, 0.5) is 18.9 Å². The maximum Gasteiger partial charge on any atom is 0.415 e. The zero-order chi connectivity index (χ0) is 43.0. The first-order valence-electron chi connectivity index (χ1n) is 19.5. The fraction of sp³-hybridized carbons (Fsp3) is 0.102. The molecule has 4 aromatic heterocycles. The van der Waals surface area contributed by atoms with Gasteiger partial charge in [-0.05, 0) is 112 Å². The highest BCUT2D eigenvalue weighted by molar-refractivity contribution is 6.12. The third-order valence-corrected chi connectivity index (χ3v) is 11.0. The van der Waals surface area contributed by atoms with Crippen molar-refractivity contribution in [2.45, 2.75) is 33.9 Å². The lowest BCUT2D eigenvalue weighted by Crippen LogP contribution is -2.06. The van der Waals surface area contributed by atoms with Gasteiger partial charge in [-0.2, -0.15) is 18.4 Å². The van der Waals surface area contributed by atoms with E-state index in [1.165, 1.54) is 6.07 Å². The van der Waals surface area contributed by atoms with Crippen molar-refractivity contribution >= 4 is 49.3 Å². The highest BCUT2D eigenvalue weighted by atomic mass is 19.4. The fourth-order valence-corrected chi connectivity index (χ4v) is 8.50. The number of halogens is 3. The summed E-state index contributed by atoms with van der Waals surface area (Å²) in [6.07, 6.45) is -4.74. The minimum Gasteiger partial charge on any atom is -0.309 e. The highest BCUT2D eigenvalue weighted by Gasteiger charge is 2.32. The number of para-hydroxylation sites is 2. The lowest BCUT2D eigenvalue weighted by Gasteiger charge is -2.20. The zero-order valence-corrected chi connectivity index (χ0v) is 33.6. The highest BCUT2D eigenvalue weighted by Crippen LogP contribution is 2.44. The van der Waals surface area contributed by atoms with Gasteiger partial charge >= 0.3 is 6.18 Å². The van der Waals surface area contributed by atoms with E-state index in [9.17, 15) is 18.4 Å². The van der Waals surface area contributed by atoms with E-state index >= 15 is 0 Å². The minimum absolute atomic E-state index is 0.161. The van der Waals surface area contributed by atoms with Gasteiger partial charge in [-0.25, -0.2) is 34.7 Å². The van der Waals surface area contributed by atoms with Crippen molar-refractivity contribution in [2.24, 2.45) is 0 Å². The summed E-state index contributed by atoms with van der Waals surface area (Å²) in [6.45, 7) is 15.1. The van der Waals surface area contributed by atoms with Crippen molar-refractivity contribution in [2.75, 3.05) is 0 Å². The molecule has 0 radical (unpaired) electrons. The van der Waals surface area contributed by atoms with Crippen LogP contribution in [0.1, 0.15) is 34.4 Å². The summed E-state index contributed by atoms with van der Waals surface area (Å²) in [5, 5.41) is 14.5. The van der Waals surface area contributed by atoms with Gasteiger partial charge in [-0.1, -0.05) is 36.4 Å². The number of alkyl halides is 3. The Kier molecular flexibility index (Phi) is 8.68. The van der Waals surface area contributed by atoms with Crippen LogP contribution in [0.2, 0.25) is 0 Å². The Morgan fingerprint density at radius 3 is 1.50 bits per heavy atom. The molecule has 298 valence electrons. The van der Waals surface area contributed by atoms with E-state index in [1.807, 2.05) is 122 Å². The normalized spacial score (nSPS) is 11.8. The van der Waals surface area contributed by atoms with Crippen LogP contribution in [0.25, 0.3) is 93.7 Å². The van der Waals surface area contributed by atoms with E-state index in [-0.39, 0.29) is 16.8 Å². The predicted octanol–water partition coefficient (Wildman–Crippen LogP) is 11.9. The van der Waals surface area contributed by atoms with Gasteiger partial charge in [-0.15, -0.1) is 0 Å². The smallest absolute Gasteiger partial charge is 0.309 e. The first-order chi connectivity index (χ1) is 29.9. The lowest BCUT2D eigenvalue weighted by molar-refractivity contribution is -0.137. The molecule has 0 unspecified atom stereocenters. The third-order valence-electron chi connectivity index (χ3n) is 11.0. The summed E-state index contributed by atoms with van der Waals surface area (Å²) >= 11 is 0. The van der Waals surface area contributed by atoms with Crippen molar-refractivity contribution in [3.05, 3.63) is 161 Å². The molecular weight excluding hydrogens is 786 g/mol. The minimum atomic E-state index is -4.74. The van der Waals surface area contributed by atoms with E-state index in [1.54, 1.807) is 12.1 Å². The molecule has 6 aromatic carbocycles. The number of aromatic nitrogens is 8. The van der Waals surface area contributed by atoms with Crippen molar-refractivity contribution in [1.82, 2.24) is 39.0 Å². The monoisotopic (exact) mass is 816 g/mol. The van der Waals surface area contributed by atoms with Crippen LogP contribution >= 0.6 is 0 Å². The Labute approximate surface area is 352 Å². The average Bonchev–Trinajstić information content (AvgIpc) is 3.77. The molecule has 0 fully saturated rings. The molecule has 0 spiro atoms. The molecule has 0 aliphatic carbocycles. The Hall–Kier alpha value is -8.29. The second-order valence-electron chi connectivity index (χ2n) is 15.1. The van der Waals surface area contributed by atoms with E-state index in [4.69, 9.17) is 6.57 Å². The van der Waals surface area contributed by atoms with Crippen molar-refractivity contribution in [1.29, 1.82) is 5.26 Å². The molecule has 0 aliphatic rings. The summed E-state index contributed by atoms with van der Waals surface area (Å²) in [7, 11) is 0. The molecule has 0 saturated heterocycles. The molecule has 0 amide bonds. The molecule has 62 heavy (non-hydrogen) atoms. The van der Waals surface area contributed by atoms with Crippen LogP contribution in [0.3, 0.4) is 0 Å². The van der Waals surface area contributed by atoms with Gasteiger partial charge < -0.3 is 9.13 Å². The molecule has 0 aliphatic heterocycles. The predicted molar refractivity (Wildman–Crippen MR) is 233 cm³/mol. The molecule has 0 N–H and O–H groups in total. The van der Waals surface area contributed by atoms with Gasteiger partial charge in [0.15, 0.2) is 17.3 Å². The van der Waals surface area contributed by atoms with Gasteiger partial charge in [0.1, 0.15) is 29.4 Å². The number of fused-ring (bicyclic) bond motifs is 6. The summed E-state index contributed by atoms with van der Waals surface area (Å²) < 4.78 is 47.7. The molecule has 10 rings (SSSR count). The molecule has 0 atom stereocenters. The molecular formula is C49H31F3N10. The van der Waals surface area contributed by atoms with Crippen LogP contribution in [0.15, 0.2) is 115 Å². The first kappa shape index (κ1) is 37.9. The first-order valence-corrected chi connectivity index (χ1v) is 19.5. The number of nitrogens with zero attached hydrogens (tertiary/aromatic N) is 10. The van der Waals surface area contributed by atoms with Crippen molar-refractivity contribution in [3.63, 3.8) is 0 Å². The molecule has 10 aromatic rings. The fourth-order valence-electron chi connectivity index (χ4n) is 8.50. The summed E-state index contributed by atoms with van der Waals surface area (Å²) in [6, 6.07) is 36.5. The van der Waals surface area contributed by atoms with Gasteiger partial charge in [0.05, 0.1) is 45.6 Å². The maximum absolute atomic E-state index is 14.6. The summed E-state index contributed by atoms with van der Waals surface area (Å²) in [5.41, 5.74) is 5.14. The SMILES string of the molecule is [C-]#[N+]c1cc(-c2cc(-n3c4ccccc4c4cc(-c5nc(C)nc(C)n5)ccc43)c(C#N)cc2-n2c3ccccc3c3cc(-c4nc(C)nc(C)n4)ccc32)cc(C(F)(F)F)c1. The van der Waals surface area contributed by atoms with Crippen LogP contribution < -0.4 is 0 Å². The Bertz CT molecular complexity index is 3570. The zero-order valence-electron chi connectivity index (χ0n) is 33.6. The van der Waals surface area contributed by atoms with Crippen LogP contribution in [0, 0.1) is 45.6 Å². The number of hydrogen-bond acceptors (Lipinski definition) is 7. The van der Waals surface area contributed by atoms with Gasteiger partial charge in [0, 0.05) is 43.8 Å². The Morgan fingerprint density at radius 2 is 1.02 bits per heavy atom. The Balaban J connectivity index is 1.29. The maximum atomic E-state index is 14.6. The molecule has 10 nitrogen and oxygen atoms in total. The largest absolute Gasteiger partial charge is 0.415 e. The average molecular weight is 817 g/mol. The van der Waals surface area contributed by atoms with Crippen LogP contribution in [0.5, 0.6) is 0 Å². The van der Waals surface area contributed by atoms with E-state index in [0.29, 0.717) is 51.9 Å². The molecule has 0 bridgehead atoms. The van der Waals surface area contributed by atoms with E-state index < -0.39 is 11.7 Å². The van der Waals surface area contributed by atoms with Crippen molar-refractivity contribution < 1.29 is 13.2 Å². The number of hydrogen-bond donors (Lipinski definition) is 0. The van der Waals surface area contributed by atoms with Crippen LogP contribution in [-0.2, 0) is 6.18 Å². The van der Waals surface area contributed by atoms with E-state index in [2.05, 4.69) is 40.8 Å². The second kappa shape index (κ2) is 14.2. The number of rotatable bonds is 5. The standard InChI is InChI=1S/C49H31F3N10/c1-26-55-27(2)58-47(57-26)30-14-16-43-39(20-30)36-10-6-8-12-41(36)61(43)45-24-38(32-18-34(49(50,51)52)23-35(19-32)54-5)46(22-33(45)25-53)62-42-13-9-7-11-37(42)40-21-31(15-17-44(40)62)48-59-28(3)56-29(4)60-48/h6-24H,1-4H3. The number of benzene rings is 6. The van der Waals surface area contributed by atoms with Crippen molar-refractivity contribution in [3.8, 4) is 51.3 Å². The van der Waals surface area contributed by atoms with Gasteiger partial charge in [-0.3, -0.25) is 0 Å². The van der Waals surface area contributed by atoms with E-state index in [0.717, 1.165) is 66.9 Å². The molecule has 0 saturated carbocycles. The van der Waals surface area contributed by atoms with Gasteiger partial charge in [0.2, 0.25) is 0 Å².